The topological polar surface area (TPSA) is 84.3 Å². The van der Waals surface area contributed by atoms with Crippen molar-refractivity contribution in [3.63, 3.8) is 0 Å². The summed E-state index contributed by atoms with van der Waals surface area (Å²) in [7, 11) is 0. The number of rotatable bonds is 5. The highest BCUT2D eigenvalue weighted by molar-refractivity contribution is 9.10. The van der Waals surface area contributed by atoms with E-state index in [2.05, 4.69) is 26.6 Å². The molecule has 6 nitrogen and oxygen atoms in total. The highest BCUT2D eigenvalue weighted by atomic mass is 79.9. The second-order valence-electron chi connectivity index (χ2n) is 4.67. The minimum absolute atomic E-state index is 0.0601. The Kier molecular flexibility index (Phi) is 5.11. The summed E-state index contributed by atoms with van der Waals surface area (Å²) in [5, 5.41) is 16.4. The quantitative estimate of drug-likeness (QED) is 0.626. The van der Waals surface area contributed by atoms with E-state index in [1.807, 2.05) is 12.1 Å². The average Bonchev–Trinajstić information content (AvgIpc) is 2.47. The number of amides is 1. The molecule has 22 heavy (non-hydrogen) atoms. The first-order valence-corrected chi connectivity index (χ1v) is 7.29. The molecule has 0 fully saturated rings. The Labute approximate surface area is 135 Å². The Balaban J connectivity index is 1.92. The number of anilines is 2. The maximum absolute atomic E-state index is 11.8. The van der Waals surface area contributed by atoms with Crippen LogP contribution in [-0.4, -0.2) is 17.4 Å². The van der Waals surface area contributed by atoms with Gasteiger partial charge in [-0.1, -0.05) is 15.9 Å². The van der Waals surface area contributed by atoms with E-state index >= 15 is 0 Å². The summed E-state index contributed by atoms with van der Waals surface area (Å²) in [6.07, 6.45) is 0. The van der Waals surface area contributed by atoms with Gasteiger partial charge in [0.15, 0.2) is 0 Å². The molecule has 0 bridgehead atoms. The van der Waals surface area contributed by atoms with Crippen molar-refractivity contribution in [1.82, 2.24) is 0 Å². The number of halogens is 1. The third kappa shape index (κ3) is 4.29. The molecule has 2 aromatic rings. The molecule has 0 aliphatic carbocycles. The first-order valence-electron chi connectivity index (χ1n) is 6.50. The van der Waals surface area contributed by atoms with E-state index in [4.69, 9.17) is 0 Å². The molecule has 0 atom stereocenters. The summed E-state index contributed by atoms with van der Waals surface area (Å²) in [5.74, 6) is -0.196. The highest BCUT2D eigenvalue weighted by Crippen LogP contribution is 2.21. The molecule has 2 rings (SSSR count). The molecule has 2 N–H and O–H groups in total. The molecular formula is C15H14BrN3O3. The fraction of sp³-hybridized carbons (Fsp3) is 0.133. The summed E-state index contributed by atoms with van der Waals surface area (Å²) in [6.45, 7) is 1.73. The van der Waals surface area contributed by atoms with Gasteiger partial charge in [-0.3, -0.25) is 14.9 Å². The molecule has 0 aliphatic rings. The van der Waals surface area contributed by atoms with E-state index < -0.39 is 4.92 Å². The second kappa shape index (κ2) is 7.04. The Bertz CT molecular complexity index is 702. The third-order valence-corrected chi connectivity index (χ3v) is 3.50. The molecule has 0 saturated carbocycles. The number of hydrogen-bond donors (Lipinski definition) is 2. The molecule has 2 aromatic carbocycles. The normalized spacial score (nSPS) is 10.1. The summed E-state index contributed by atoms with van der Waals surface area (Å²) in [6, 6.07) is 11.9. The van der Waals surface area contributed by atoms with Crippen LogP contribution in [0.2, 0.25) is 0 Å². The van der Waals surface area contributed by atoms with E-state index in [0.717, 1.165) is 4.47 Å². The summed E-state index contributed by atoms with van der Waals surface area (Å²) in [4.78, 5) is 22.2. The summed E-state index contributed by atoms with van der Waals surface area (Å²) >= 11 is 3.32. The van der Waals surface area contributed by atoms with Crippen molar-refractivity contribution in [3.05, 3.63) is 62.6 Å². The fourth-order valence-corrected chi connectivity index (χ4v) is 2.16. The molecule has 0 spiro atoms. The predicted molar refractivity (Wildman–Crippen MR) is 89.1 cm³/mol. The van der Waals surface area contributed by atoms with E-state index in [0.29, 0.717) is 16.9 Å². The number of nitro groups is 1. The largest absolute Gasteiger partial charge is 0.376 e. The van der Waals surface area contributed by atoms with Crippen LogP contribution in [0, 0.1) is 17.0 Å². The number of benzene rings is 2. The monoisotopic (exact) mass is 363 g/mol. The third-order valence-electron chi connectivity index (χ3n) is 2.97. The number of hydrogen-bond acceptors (Lipinski definition) is 4. The number of nitrogens with one attached hydrogen (secondary N) is 2. The number of carbonyl (C=O) groups is 1. The van der Waals surface area contributed by atoms with Crippen molar-refractivity contribution in [2.24, 2.45) is 0 Å². The van der Waals surface area contributed by atoms with Crippen LogP contribution in [0.25, 0.3) is 0 Å². The maximum Gasteiger partial charge on any atom is 0.272 e. The standard InChI is InChI=1S/C15H14BrN3O3/c1-10-8-13(6-7-14(10)19(21)22)17-9-15(20)18-12-4-2-11(16)3-5-12/h2-8,17H,9H2,1H3,(H,18,20). The molecule has 1 amide bonds. The lowest BCUT2D eigenvalue weighted by atomic mass is 10.2. The Morgan fingerprint density at radius 2 is 1.82 bits per heavy atom. The Morgan fingerprint density at radius 3 is 2.41 bits per heavy atom. The lowest BCUT2D eigenvalue weighted by molar-refractivity contribution is -0.385. The van der Waals surface area contributed by atoms with Gasteiger partial charge < -0.3 is 10.6 Å². The second-order valence-corrected chi connectivity index (χ2v) is 5.58. The average molecular weight is 364 g/mol. The number of aryl methyl sites for hydroxylation is 1. The van der Waals surface area contributed by atoms with Gasteiger partial charge in [0.1, 0.15) is 0 Å². The molecule has 0 aromatic heterocycles. The van der Waals surface area contributed by atoms with E-state index in [1.54, 1.807) is 31.2 Å². The number of carbonyl (C=O) groups excluding carboxylic acids is 1. The zero-order chi connectivity index (χ0) is 16.1. The van der Waals surface area contributed by atoms with Crippen LogP contribution in [0.1, 0.15) is 5.56 Å². The molecule has 7 heteroatoms. The van der Waals surface area contributed by atoms with Gasteiger partial charge in [0, 0.05) is 27.5 Å². The smallest absolute Gasteiger partial charge is 0.272 e. The van der Waals surface area contributed by atoms with Gasteiger partial charge >= 0.3 is 0 Å². The first kappa shape index (κ1) is 16.0. The lowest BCUT2D eigenvalue weighted by Crippen LogP contribution is -2.21. The molecule has 0 aliphatic heterocycles. The van der Waals surface area contributed by atoms with Crippen LogP contribution in [0.15, 0.2) is 46.9 Å². The Hall–Kier alpha value is -2.41. The van der Waals surface area contributed by atoms with E-state index in [9.17, 15) is 14.9 Å². The van der Waals surface area contributed by atoms with Gasteiger partial charge in [0.2, 0.25) is 5.91 Å². The van der Waals surface area contributed by atoms with Gasteiger partial charge in [-0.2, -0.15) is 0 Å². The Morgan fingerprint density at radius 1 is 1.18 bits per heavy atom. The van der Waals surface area contributed by atoms with Crippen LogP contribution in [0.3, 0.4) is 0 Å². The lowest BCUT2D eigenvalue weighted by Gasteiger charge is -2.08. The highest BCUT2D eigenvalue weighted by Gasteiger charge is 2.10. The van der Waals surface area contributed by atoms with Crippen LogP contribution < -0.4 is 10.6 Å². The molecular weight excluding hydrogens is 350 g/mol. The molecule has 0 heterocycles. The van der Waals surface area contributed by atoms with Gasteiger partial charge in [-0.05, 0) is 43.3 Å². The summed E-state index contributed by atoms with van der Waals surface area (Å²) in [5.41, 5.74) is 1.97. The van der Waals surface area contributed by atoms with Gasteiger partial charge in [0.25, 0.3) is 5.69 Å². The van der Waals surface area contributed by atoms with Crippen molar-refractivity contribution in [2.75, 3.05) is 17.2 Å². The molecule has 114 valence electrons. The predicted octanol–water partition coefficient (Wildman–Crippen LogP) is 3.72. The van der Waals surface area contributed by atoms with E-state index in [-0.39, 0.29) is 18.1 Å². The summed E-state index contributed by atoms with van der Waals surface area (Å²) < 4.78 is 0.935. The first-order chi connectivity index (χ1) is 10.5. The maximum atomic E-state index is 11.8. The molecule has 0 radical (unpaired) electrons. The van der Waals surface area contributed by atoms with Crippen LogP contribution in [0.5, 0.6) is 0 Å². The zero-order valence-electron chi connectivity index (χ0n) is 11.8. The number of nitro benzene ring substituents is 1. The van der Waals surface area contributed by atoms with Crippen LogP contribution >= 0.6 is 15.9 Å². The SMILES string of the molecule is Cc1cc(NCC(=O)Nc2ccc(Br)cc2)ccc1[N+](=O)[O-]. The van der Waals surface area contributed by atoms with Gasteiger partial charge in [0.05, 0.1) is 11.5 Å². The van der Waals surface area contributed by atoms with Crippen molar-refractivity contribution in [1.29, 1.82) is 0 Å². The number of nitrogens with zero attached hydrogens (tertiary/aromatic N) is 1. The zero-order valence-corrected chi connectivity index (χ0v) is 13.4. The van der Waals surface area contributed by atoms with Crippen LogP contribution in [-0.2, 0) is 4.79 Å². The van der Waals surface area contributed by atoms with Gasteiger partial charge in [-0.15, -0.1) is 0 Å². The van der Waals surface area contributed by atoms with Crippen molar-refractivity contribution in [3.8, 4) is 0 Å². The van der Waals surface area contributed by atoms with Gasteiger partial charge in [-0.25, -0.2) is 0 Å². The van der Waals surface area contributed by atoms with Crippen molar-refractivity contribution < 1.29 is 9.72 Å². The van der Waals surface area contributed by atoms with Crippen LogP contribution in [0.4, 0.5) is 17.1 Å². The van der Waals surface area contributed by atoms with Crippen molar-refractivity contribution in [2.45, 2.75) is 6.92 Å². The minimum atomic E-state index is -0.431. The van der Waals surface area contributed by atoms with Crippen molar-refractivity contribution >= 4 is 38.9 Å². The fourth-order valence-electron chi connectivity index (χ4n) is 1.89. The van der Waals surface area contributed by atoms with E-state index in [1.165, 1.54) is 6.07 Å². The minimum Gasteiger partial charge on any atom is -0.376 e. The molecule has 0 unspecified atom stereocenters. The molecule has 0 saturated heterocycles.